The van der Waals surface area contributed by atoms with Crippen LogP contribution >= 0.6 is 0 Å². The lowest BCUT2D eigenvalue weighted by molar-refractivity contribution is 0.370. The summed E-state index contributed by atoms with van der Waals surface area (Å²) in [6.07, 6.45) is 8.71. The van der Waals surface area contributed by atoms with Crippen LogP contribution in [0.1, 0.15) is 19.8 Å². The van der Waals surface area contributed by atoms with Gasteiger partial charge in [0.25, 0.3) is 0 Å². The van der Waals surface area contributed by atoms with Crippen molar-refractivity contribution in [3.8, 4) is 0 Å². The molecule has 0 amide bonds. The molecule has 1 aliphatic rings. The topological polar surface area (TPSA) is 3.24 Å². The third kappa shape index (κ3) is 2.85. The molecular weight excluding hydrogens is 158 g/mol. The first-order chi connectivity index (χ1) is 6.27. The molecule has 1 nitrogen and oxygen atoms in total. The zero-order chi connectivity index (χ0) is 9.68. The number of nitrogens with zero attached hydrogens (tertiary/aromatic N) is 1. The fourth-order valence-corrected chi connectivity index (χ4v) is 1.78. The minimum Gasteiger partial charge on any atom is -0.302 e. The van der Waals surface area contributed by atoms with Gasteiger partial charge in [-0.3, -0.25) is 0 Å². The first-order valence-corrected chi connectivity index (χ1v) is 4.93. The van der Waals surface area contributed by atoms with E-state index in [1.165, 1.54) is 30.5 Å². The quantitative estimate of drug-likeness (QED) is 0.595. The molecule has 0 unspecified atom stereocenters. The molecule has 0 aromatic rings. The van der Waals surface area contributed by atoms with Crippen LogP contribution in [-0.4, -0.2) is 25.0 Å². The van der Waals surface area contributed by atoms with Gasteiger partial charge >= 0.3 is 0 Å². The predicted octanol–water partition coefficient (Wildman–Crippen LogP) is 2.77. The molecule has 0 aliphatic carbocycles. The zero-order valence-electron chi connectivity index (χ0n) is 8.71. The summed E-state index contributed by atoms with van der Waals surface area (Å²) in [5.74, 6) is 0. The standard InChI is InChI=1S/C12H19N/c1-4-7-12-8-6-9-13(3)10-11(12)5-2/h4-5,7H,1,6,8-10H2,2-3H3/b11-5-,12-7-. The van der Waals surface area contributed by atoms with Gasteiger partial charge in [0.1, 0.15) is 0 Å². The third-order valence-electron chi connectivity index (χ3n) is 2.51. The average Bonchev–Trinajstić information content (AvgIpc) is 2.29. The number of likely N-dealkylation sites (tertiary alicyclic amines) is 1. The smallest absolute Gasteiger partial charge is 0.0230 e. The van der Waals surface area contributed by atoms with Crippen LogP contribution in [0.25, 0.3) is 0 Å². The van der Waals surface area contributed by atoms with Gasteiger partial charge < -0.3 is 4.90 Å². The van der Waals surface area contributed by atoms with Crippen molar-refractivity contribution in [2.75, 3.05) is 20.1 Å². The first kappa shape index (κ1) is 10.3. The minimum atomic E-state index is 1.08. The van der Waals surface area contributed by atoms with Gasteiger partial charge in [0.05, 0.1) is 0 Å². The van der Waals surface area contributed by atoms with E-state index >= 15 is 0 Å². The second-order valence-electron chi connectivity index (χ2n) is 3.58. The van der Waals surface area contributed by atoms with E-state index in [-0.39, 0.29) is 0 Å². The fraction of sp³-hybridized carbons (Fsp3) is 0.500. The Morgan fingerprint density at radius 3 is 2.77 bits per heavy atom. The van der Waals surface area contributed by atoms with Crippen LogP contribution < -0.4 is 0 Å². The second kappa shape index (κ2) is 5.03. The van der Waals surface area contributed by atoms with Crippen molar-refractivity contribution in [1.29, 1.82) is 0 Å². The van der Waals surface area contributed by atoms with E-state index in [0.717, 1.165) is 6.54 Å². The zero-order valence-corrected chi connectivity index (χ0v) is 8.71. The van der Waals surface area contributed by atoms with Gasteiger partial charge in [-0.15, -0.1) is 0 Å². The predicted molar refractivity (Wildman–Crippen MR) is 58.8 cm³/mol. The Bertz CT molecular complexity index is 236. The van der Waals surface area contributed by atoms with Gasteiger partial charge in [0.15, 0.2) is 0 Å². The average molecular weight is 177 g/mol. The highest BCUT2D eigenvalue weighted by Gasteiger charge is 2.11. The molecule has 0 saturated carbocycles. The molecule has 1 rings (SSSR count). The van der Waals surface area contributed by atoms with Crippen molar-refractivity contribution in [3.63, 3.8) is 0 Å². The molecule has 1 fully saturated rings. The number of hydrogen-bond acceptors (Lipinski definition) is 1. The highest BCUT2D eigenvalue weighted by atomic mass is 15.1. The van der Waals surface area contributed by atoms with Crippen LogP contribution in [-0.2, 0) is 0 Å². The maximum Gasteiger partial charge on any atom is 0.0230 e. The minimum absolute atomic E-state index is 1.08. The van der Waals surface area contributed by atoms with Crippen LogP contribution in [0.5, 0.6) is 0 Å². The summed E-state index contributed by atoms with van der Waals surface area (Å²) in [6, 6.07) is 0. The molecule has 1 aliphatic heterocycles. The third-order valence-corrected chi connectivity index (χ3v) is 2.51. The highest BCUT2D eigenvalue weighted by molar-refractivity contribution is 5.34. The molecule has 0 bridgehead atoms. The fourth-order valence-electron chi connectivity index (χ4n) is 1.78. The van der Waals surface area contributed by atoms with Crippen LogP contribution in [0.15, 0.2) is 36.0 Å². The summed E-state index contributed by atoms with van der Waals surface area (Å²) in [7, 11) is 2.18. The van der Waals surface area contributed by atoms with E-state index in [4.69, 9.17) is 0 Å². The molecule has 0 spiro atoms. The Labute approximate surface area is 81.4 Å². The van der Waals surface area contributed by atoms with Crippen LogP contribution in [0, 0.1) is 0 Å². The molecule has 72 valence electrons. The van der Waals surface area contributed by atoms with Crippen molar-refractivity contribution in [1.82, 2.24) is 4.90 Å². The molecule has 0 atom stereocenters. The van der Waals surface area contributed by atoms with Crippen LogP contribution in [0.4, 0.5) is 0 Å². The summed E-state index contributed by atoms with van der Waals surface area (Å²) in [4.78, 5) is 2.37. The van der Waals surface area contributed by atoms with Crippen LogP contribution in [0.3, 0.4) is 0 Å². The molecule has 0 aromatic carbocycles. The summed E-state index contributed by atoms with van der Waals surface area (Å²) < 4.78 is 0. The Balaban J connectivity index is 2.82. The SMILES string of the molecule is C=C/C=C1/CCCN(C)C/C1=C/C. The van der Waals surface area contributed by atoms with E-state index in [0.29, 0.717) is 0 Å². The summed E-state index contributed by atoms with van der Waals surface area (Å²) in [5, 5.41) is 0. The number of hydrogen-bond donors (Lipinski definition) is 0. The van der Waals surface area contributed by atoms with Gasteiger partial charge in [0, 0.05) is 6.54 Å². The number of allylic oxidation sites excluding steroid dienone is 3. The van der Waals surface area contributed by atoms with E-state index in [9.17, 15) is 0 Å². The Hall–Kier alpha value is -0.820. The molecular formula is C12H19N. The van der Waals surface area contributed by atoms with Crippen LogP contribution in [0.2, 0.25) is 0 Å². The molecule has 1 heteroatoms. The van der Waals surface area contributed by atoms with Gasteiger partial charge in [0.2, 0.25) is 0 Å². The number of rotatable bonds is 1. The van der Waals surface area contributed by atoms with E-state index in [1.54, 1.807) is 0 Å². The first-order valence-electron chi connectivity index (χ1n) is 4.93. The lowest BCUT2D eigenvalue weighted by Crippen LogP contribution is -2.19. The molecule has 0 radical (unpaired) electrons. The highest BCUT2D eigenvalue weighted by Crippen LogP contribution is 2.21. The number of likely N-dealkylation sites (N-methyl/N-ethyl adjacent to an activating group) is 1. The molecule has 1 saturated heterocycles. The van der Waals surface area contributed by atoms with E-state index in [2.05, 4.69) is 37.6 Å². The maximum absolute atomic E-state index is 3.76. The van der Waals surface area contributed by atoms with Crippen molar-refractivity contribution in [2.24, 2.45) is 0 Å². The van der Waals surface area contributed by atoms with Crippen molar-refractivity contribution in [3.05, 3.63) is 36.0 Å². The lowest BCUT2D eigenvalue weighted by Gasteiger charge is -2.13. The van der Waals surface area contributed by atoms with Gasteiger partial charge in [-0.25, -0.2) is 0 Å². The molecule has 1 heterocycles. The van der Waals surface area contributed by atoms with Gasteiger partial charge in [-0.05, 0) is 44.5 Å². The summed E-state index contributed by atoms with van der Waals surface area (Å²) >= 11 is 0. The van der Waals surface area contributed by atoms with Crippen molar-refractivity contribution < 1.29 is 0 Å². The normalized spacial score (nSPS) is 26.3. The molecule has 0 N–H and O–H groups in total. The molecule has 0 aromatic heterocycles. The summed E-state index contributed by atoms with van der Waals surface area (Å²) in [6.45, 7) is 8.15. The molecule has 13 heavy (non-hydrogen) atoms. The largest absolute Gasteiger partial charge is 0.302 e. The van der Waals surface area contributed by atoms with Gasteiger partial charge in [-0.1, -0.05) is 24.8 Å². The Morgan fingerprint density at radius 1 is 1.38 bits per heavy atom. The monoisotopic (exact) mass is 177 g/mol. The Kier molecular flexibility index (Phi) is 3.97. The van der Waals surface area contributed by atoms with Crippen molar-refractivity contribution >= 4 is 0 Å². The second-order valence-corrected chi connectivity index (χ2v) is 3.58. The van der Waals surface area contributed by atoms with Crippen molar-refractivity contribution in [2.45, 2.75) is 19.8 Å². The Morgan fingerprint density at radius 2 is 2.15 bits per heavy atom. The maximum atomic E-state index is 3.76. The summed E-state index contributed by atoms with van der Waals surface area (Å²) in [5.41, 5.74) is 2.92. The van der Waals surface area contributed by atoms with E-state index in [1.807, 2.05) is 6.08 Å². The van der Waals surface area contributed by atoms with Gasteiger partial charge in [-0.2, -0.15) is 0 Å². The van der Waals surface area contributed by atoms with E-state index < -0.39 is 0 Å². The lowest BCUT2D eigenvalue weighted by atomic mass is 10.0.